The Labute approximate surface area is 110 Å². The van der Waals surface area contributed by atoms with Crippen LogP contribution in [0.3, 0.4) is 0 Å². The number of aromatic nitrogens is 3. The molecule has 2 aromatic heterocycles. The number of hydrogen-bond donors (Lipinski definition) is 3. The van der Waals surface area contributed by atoms with Crippen molar-refractivity contribution in [1.82, 2.24) is 15.0 Å². The van der Waals surface area contributed by atoms with E-state index < -0.39 is 0 Å². The van der Waals surface area contributed by atoms with Crippen LogP contribution in [-0.4, -0.2) is 15.0 Å². The van der Waals surface area contributed by atoms with Crippen LogP contribution in [0.5, 0.6) is 0 Å². The summed E-state index contributed by atoms with van der Waals surface area (Å²) in [6, 6.07) is 1.78. The molecule has 0 bridgehead atoms. The van der Waals surface area contributed by atoms with E-state index in [1.165, 1.54) is 0 Å². The fraction of sp³-hybridized carbons (Fsp3) is 0.364. The number of anilines is 2. The molecule has 2 aromatic rings. The van der Waals surface area contributed by atoms with E-state index in [1.807, 2.05) is 24.7 Å². The van der Waals surface area contributed by atoms with Crippen molar-refractivity contribution < 1.29 is 0 Å². The molecule has 0 saturated carbocycles. The number of hydrazine groups is 1. The lowest BCUT2D eigenvalue weighted by Gasteiger charge is -2.10. The van der Waals surface area contributed by atoms with Gasteiger partial charge in [-0.25, -0.2) is 20.8 Å². The molecule has 18 heavy (non-hydrogen) atoms. The molecule has 0 aromatic carbocycles. The molecule has 0 unspecified atom stereocenters. The summed E-state index contributed by atoms with van der Waals surface area (Å²) in [6.45, 7) is 4.72. The number of thiazole rings is 1. The zero-order valence-electron chi connectivity index (χ0n) is 10.3. The van der Waals surface area contributed by atoms with E-state index >= 15 is 0 Å². The van der Waals surface area contributed by atoms with Crippen molar-refractivity contribution in [2.75, 3.05) is 10.7 Å². The minimum atomic E-state index is 0.248. The van der Waals surface area contributed by atoms with Gasteiger partial charge in [-0.1, -0.05) is 13.8 Å². The first-order chi connectivity index (χ1) is 8.69. The third-order valence-corrected chi connectivity index (χ3v) is 2.98. The van der Waals surface area contributed by atoms with Gasteiger partial charge in [0.2, 0.25) is 0 Å². The standard InChI is InChI=1S/C11H16N6S/c1-7(2)11-15-9(3-10(16-11)17-12)13-4-8-5-18-6-14-8/h3,5-7H,4,12H2,1-2H3,(H2,13,15,16,17). The molecule has 0 atom stereocenters. The van der Waals surface area contributed by atoms with Gasteiger partial charge in [-0.05, 0) is 0 Å². The predicted molar refractivity (Wildman–Crippen MR) is 73.4 cm³/mol. The summed E-state index contributed by atoms with van der Waals surface area (Å²) in [5.41, 5.74) is 5.35. The molecule has 0 saturated heterocycles. The molecule has 2 heterocycles. The first-order valence-electron chi connectivity index (χ1n) is 5.65. The largest absolute Gasteiger partial charge is 0.364 e. The minimum absolute atomic E-state index is 0.248. The fourth-order valence-corrected chi connectivity index (χ4v) is 1.95. The van der Waals surface area contributed by atoms with Crippen LogP contribution >= 0.6 is 11.3 Å². The van der Waals surface area contributed by atoms with Crippen LogP contribution in [0.15, 0.2) is 17.0 Å². The Morgan fingerprint density at radius 3 is 2.72 bits per heavy atom. The molecular formula is C11H16N6S. The first-order valence-corrected chi connectivity index (χ1v) is 6.60. The highest BCUT2D eigenvalue weighted by molar-refractivity contribution is 7.07. The van der Waals surface area contributed by atoms with Crippen LogP contribution in [0, 0.1) is 0 Å². The summed E-state index contributed by atoms with van der Waals surface area (Å²) in [5, 5.41) is 5.21. The third kappa shape index (κ3) is 3.14. The van der Waals surface area contributed by atoms with E-state index in [2.05, 4.69) is 25.7 Å². The molecule has 7 heteroatoms. The number of rotatable bonds is 5. The zero-order valence-corrected chi connectivity index (χ0v) is 11.2. The van der Waals surface area contributed by atoms with Crippen LogP contribution in [0.4, 0.5) is 11.6 Å². The molecule has 0 aliphatic heterocycles. The maximum absolute atomic E-state index is 5.40. The van der Waals surface area contributed by atoms with Gasteiger partial charge >= 0.3 is 0 Å². The number of nitrogens with two attached hydrogens (primary N) is 1. The van der Waals surface area contributed by atoms with E-state index in [1.54, 1.807) is 17.4 Å². The van der Waals surface area contributed by atoms with Gasteiger partial charge in [-0.2, -0.15) is 0 Å². The van der Waals surface area contributed by atoms with Crippen LogP contribution < -0.4 is 16.6 Å². The lowest BCUT2D eigenvalue weighted by Crippen LogP contribution is -2.13. The maximum atomic E-state index is 5.40. The molecule has 0 radical (unpaired) electrons. The molecule has 0 spiro atoms. The number of hydrogen-bond acceptors (Lipinski definition) is 7. The summed E-state index contributed by atoms with van der Waals surface area (Å²) in [5.74, 6) is 7.75. The summed E-state index contributed by atoms with van der Waals surface area (Å²) in [6.07, 6.45) is 0. The van der Waals surface area contributed by atoms with Gasteiger partial charge < -0.3 is 10.7 Å². The second-order valence-corrected chi connectivity index (χ2v) is 4.85. The minimum Gasteiger partial charge on any atom is -0.364 e. The Morgan fingerprint density at radius 2 is 2.11 bits per heavy atom. The molecule has 0 fully saturated rings. The quantitative estimate of drug-likeness (QED) is 0.565. The van der Waals surface area contributed by atoms with Crippen LogP contribution in [-0.2, 0) is 6.54 Å². The molecule has 2 rings (SSSR count). The zero-order chi connectivity index (χ0) is 13.0. The van der Waals surface area contributed by atoms with Crippen molar-refractivity contribution >= 4 is 23.0 Å². The van der Waals surface area contributed by atoms with E-state index in [9.17, 15) is 0 Å². The Morgan fingerprint density at radius 1 is 1.33 bits per heavy atom. The molecule has 0 aliphatic rings. The smallest absolute Gasteiger partial charge is 0.145 e. The van der Waals surface area contributed by atoms with Crippen LogP contribution in [0.2, 0.25) is 0 Å². The lowest BCUT2D eigenvalue weighted by atomic mass is 10.2. The van der Waals surface area contributed by atoms with E-state index in [0.717, 1.165) is 17.3 Å². The van der Waals surface area contributed by atoms with Gasteiger partial charge in [-0.3, -0.25) is 0 Å². The molecule has 4 N–H and O–H groups in total. The van der Waals surface area contributed by atoms with Crippen molar-refractivity contribution in [3.8, 4) is 0 Å². The van der Waals surface area contributed by atoms with Crippen LogP contribution in [0.25, 0.3) is 0 Å². The van der Waals surface area contributed by atoms with Gasteiger partial charge in [0.05, 0.1) is 17.7 Å². The first kappa shape index (κ1) is 12.7. The second kappa shape index (κ2) is 5.74. The van der Waals surface area contributed by atoms with Crippen molar-refractivity contribution in [2.45, 2.75) is 26.3 Å². The lowest BCUT2D eigenvalue weighted by molar-refractivity contribution is 0.775. The predicted octanol–water partition coefficient (Wildman–Crippen LogP) is 1.95. The number of nitrogen functional groups attached to an aromatic ring is 1. The topological polar surface area (TPSA) is 88.8 Å². The Bertz CT molecular complexity index is 496. The van der Waals surface area contributed by atoms with E-state index in [-0.39, 0.29) is 5.92 Å². The molecular weight excluding hydrogens is 248 g/mol. The average Bonchev–Trinajstić information content (AvgIpc) is 2.89. The average molecular weight is 264 g/mol. The Kier molecular flexibility index (Phi) is 4.06. The van der Waals surface area contributed by atoms with Gasteiger partial charge in [0.25, 0.3) is 0 Å². The van der Waals surface area contributed by atoms with Gasteiger partial charge in [0, 0.05) is 17.4 Å². The Hall–Kier alpha value is -1.73. The monoisotopic (exact) mass is 264 g/mol. The van der Waals surface area contributed by atoms with Crippen molar-refractivity contribution in [2.24, 2.45) is 5.84 Å². The number of nitrogens with zero attached hydrogens (tertiary/aromatic N) is 3. The van der Waals surface area contributed by atoms with Crippen molar-refractivity contribution in [1.29, 1.82) is 0 Å². The van der Waals surface area contributed by atoms with Gasteiger partial charge in [-0.15, -0.1) is 11.3 Å². The molecule has 96 valence electrons. The number of nitrogens with one attached hydrogen (secondary N) is 2. The van der Waals surface area contributed by atoms with Gasteiger partial charge in [0.1, 0.15) is 17.5 Å². The van der Waals surface area contributed by atoms with Crippen molar-refractivity contribution in [3.05, 3.63) is 28.5 Å². The fourth-order valence-electron chi connectivity index (χ4n) is 1.39. The third-order valence-electron chi connectivity index (χ3n) is 2.34. The maximum Gasteiger partial charge on any atom is 0.145 e. The highest BCUT2D eigenvalue weighted by Crippen LogP contribution is 2.17. The van der Waals surface area contributed by atoms with Gasteiger partial charge in [0.15, 0.2) is 0 Å². The summed E-state index contributed by atoms with van der Waals surface area (Å²) < 4.78 is 0. The van der Waals surface area contributed by atoms with Crippen molar-refractivity contribution in [3.63, 3.8) is 0 Å². The highest BCUT2D eigenvalue weighted by atomic mass is 32.1. The SMILES string of the molecule is CC(C)c1nc(NN)cc(NCc2cscn2)n1. The molecule has 6 nitrogen and oxygen atoms in total. The Balaban J connectivity index is 2.13. The van der Waals surface area contributed by atoms with Crippen LogP contribution in [0.1, 0.15) is 31.3 Å². The molecule has 0 aliphatic carbocycles. The van der Waals surface area contributed by atoms with E-state index in [4.69, 9.17) is 5.84 Å². The second-order valence-electron chi connectivity index (χ2n) is 4.13. The summed E-state index contributed by atoms with van der Waals surface area (Å²) in [4.78, 5) is 12.9. The summed E-state index contributed by atoms with van der Waals surface area (Å²) >= 11 is 1.57. The van der Waals surface area contributed by atoms with E-state index in [0.29, 0.717) is 12.4 Å². The highest BCUT2D eigenvalue weighted by Gasteiger charge is 2.07. The molecule has 0 amide bonds. The summed E-state index contributed by atoms with van der Waals surface area (Å²) in [7, 11) is 0. The normalized spacial score (nSPS) is 10.7.